The van der Waals surface area contributed by atoms with Gasteiger partial charge in [-0.25, -0.2) is 4.79 Å². The summed E-state index contributed by atoms with van der Waals surface area (Å²) >= 11 is 0. The van der Waals surface area contributed by atoms with Crippen LogP contribution in [0, 0.1) is 0 Å². The minimum atomic E-state index is -5.08. The number of methoxy groups -OCH3 is 3. The molecule has 182 valence electrons. The largest absolute Gasteiger partial charge is 0.497 e. The molecule has 0 saturated carbocycles. The van der Waals surface area contributed by atoms with Crippen molar-refractivity contribution in [3.8, 4) is 17.2 Å². The van der Waals surface area contributed by atoms with Gasteiger partial charge in [0.1, 0.15) is 5.75 Å². The Morgan fingerprint density at radius 3 is 2.00 bits per heavy atom. The third kappa shape index (κ3) is 8.14. The number of carboxylic acid groups (broad SMARTS) is 1. The van der Waals surface area contributed by atoms with Crippen LogP contribution >= 0.6 is 0 Å². The molecule has 3 rings (SSSR count). The Bertz CT molecular complexity index is 900. The molecule has 33 heavy (non-hydrogen) atoms. The van der Waals surface area contributed by atoms with Crippen LogP contribution in [0.4, 0.5) is 13.2 Å². The maximum Gasteiger partial charge on any atom is 0.490 e. The Kier molecular flexibility index (Phi) is 9.80. The topological polar surface area (TPSA) is 71.5 Å². The van der Waals surface area contributed by atoms with E-state index in [1.807, 2.05) is 18.2 Å². The van der Waals surface area contributed by atoms with Crippen LogP contribution in [-0.4, -0.2) is 74.6 Å². The fourth-order valence-corrected chi connectivity index (χ4v) is 3.45. The van der Waals surface area contributed by atoms with Gasteiger partial charge in [0.2, 0.25) is 0 Å². The van der Waals surface area contributed by atoms with Gasteiger partial charge in [-0.1, -0.05) is 24.3 Å². The number of ether oxygens (including phenoxy) is 3. The maximum absolute atomic E-state index is 10.6. The SMILES string of the molecule is COc1cccc(CN2CCN(Cc3cccc(OC)c3OC)CC2)c1.O=C(O)C(F)(F)F. The lowest BCUT2D eigenvalue weighted by Gasteiger charge is -2.35. The van der Waals surface area contributed by atoms with Crippen LogP contribution in [0.3, 0.4) is 0 Å². The highest BCUT2D eigenvalue weighted by Gasteiger charge is 2.38. The van der Waals surface area contributed by atoms with Crippen LogP contribution in [0.5, 0.6) is 17.2 Å². The number of hydrogen-bond donors (Lipinski definition) is 1. The number of rotatable bonds is 7. The zero-order valence-corrected chi connectivity index (χ0v) is 18.9. The molecule has 1 aliphatic rings. The molecule has 0 unspecified atom stereocenters. The highest BCUT2D eigenvalue weighted by molar-refractivity contribution is 5.73. The van der Waals surface area contributed by atoms with Gasteiger partial charge in [-0.15, -0.1) is 0 Å². The third-order valence-electron chi connectivity index (χ3n) is 5.13. The van der Waals surface area contributed by atoms with Crippen LogP contribution in [0.1, 0.15) is 11.1 Å². The average molecular weight is 470 g/mol. The van der Waals surface area contributed by atoms with Gasteiger partial charge in [-0.05, 0) is 23.8 Å². The van der Waals surface area contributed by atoms with Gasteiger partial charge in [0, 0.05) is 44.8 Å². The molecule has 1 aliphatic heterocycles. The molecule has 2 aromatic carbocycles. The van der Waals surface area contributed by atoms with Crippen molar-refractivity contribution in [3.05, 3.63) is 53.6 Å². The molecule has 0 bridgehead atoms. The summed E-state index contributed by atoms with van der Waals surface area (Å²) in [6.45, 7) is 6.06. The molecular formula is C23H29F3N2O5. The molecule has 2 aromatic rings. The number of carboxylic acids is 1. The van der Waals surface area contributed by atoms with E-state index in [-0.39, 0.29) is 0 Å². The Morgan fingerprint density at radius 1 is 0.909 bits per heavy atom. The van der Waals surface area contributed by atoms with E-state index in [1.165, 1.54) is 11.1 Å². The number of nitrogens with zero attached hydrogens (tertiary/aromatic N) is 2. The summed E-state index contributed by atoms with van der Waals surface area (Å²) in [7, 11) is 5.09. The van der Waals surface area contributed by atoms with E-state index < -0.39 is 12.1 Å². The molecule has 0 radical (unpaired) electrons. The summed E-state index contributed by atoms with van der Waals surface area (Å²) in [6, 6.07) is 14.4. The van der Waals surface area contributed by atoms with E-state index >= 15 is 0 Å². The van der Waals surface area contributed by atoms with Crippen molar-refractivity contribution in [2.24, 2.45) is 0 Å². The van der Waals surface area contributed by atoms with Crippen LogP contribution in [0.25, 0.3) is 0 Å². The third-order valence-corrected chi connectivity index (χ3v) is 5.13. The maximum atomic E-state index is 10.6. The average Bonchev–Trinajstić information content (AvgIpc) is 2.80. The van der Waals surface area contributed by atoms with Gasteiger partial charge in [-0.2, -0.15) is 13.2 Å². The zero-order valence-electron chi connectivity index (χ0n) is 18.9. The van der Waals surface area contributed by atoms with Crippen LogP contribution < -0.4 is 14.2 Å². The molecule has 7 nitrogen and oxygen atoms in total. The van der Waals surface area contributed by atoms with E-state index in [2.05, 4.69) is 34.1 Å². The smallest absolute Gasteiger partial charge is 0.490 e. The van der Waals surface area contributed by atoms with Crippen molar-refractivity contribution in [1.82, 2.24) is 9.80 Å². The molecular weight excluding hydrogens is 441 g/mol. The van der Waals surface area contributed by atoms with Gasteiger partial charge in [-0.3, -0.25) is 9.80 Å². The second-order valence-electron chi connectivity index (χ2n) is 7.36. The van der Waals surface area contributed by atoms with Crippen molar-refractivity contribution in [2.75, 3.05) is 47.5 Å². The van der Waals surface area contributed by atoms with Gasteiger partial charge >= 0.3 is 12.1 Å². The van der Waals surface area contributed by atoms with Crippen molar-refractivity contribution < 1.29 is 37.3 Å². The number of benzene rings is 2. The minimum Gasteiger partial charge on any atom is -0.497 e. The van der Waals surface area contributed by atoms with Gasteiger partial charge < -0.3 is 19.3 Å². The Balaban J connectivity index is 0.000000479. The number of hydrogen-bond acceptors (Lipinski definition) is 6. The molecule has 0 amide bonds. The summed E-state index contributed by atoms with van der Waals surface area (Å²) in [5, 5.41) is 7.12. The van der Waals surface area contributed by atoms with E-state index in [0.717, 1.165) is 56.5 Å². The number of aliphatic carboxylic acids is 1. The molecule has 0 atom stereocenters. The molecule has 1 N–H and O–H groups in total. The molecule has 0 aliphatic carbocycles. The molecule has 0 spiro atoms. The van der Waals surface area contributed by atoms with Crippen LogP contribution in [0.2, 0.25) is 0 Å². The number of piperazine rings is 1. The lowest BCUT2D eigenvalue weighted by Crippen LogP contribution is -2.45. The number of para-hydroxylation sites is 1. The quantitative estimate of drug-likeness (QED) is 0.662. The number of alkyl halides is 3. The highest BCUT2D eigenvalue weighted by atomic mass is 19.4. The Hall–Kier alpha value is -2.98. The van der Waals surface area contributed by atoms with E-state index in [0.29, 0.717) is 0 Å². The monoisotopic (exact) mass is 470 g/mol. The minimum absolute atomic E-state index is 0.793. The molecule has 10 heteroatoms. The van der Waals surface area contributed by atoms with Gasteiger partial charge in [0.15, 0.2) is 11.5 Å². The Morgan fingerprint density at radius 2 is 1.48 bits per heavy atom. The lowest BCUT2D eigenvalue weighted by atomic mass is 10.1. The lowest BCUT2D eigenvalue weighted by molar-refractivity contribution is -0.192. The van der Waals surface area contributed by atoms with Crippen LogP contribution in [0.15, 0.2) is 42.5 Å². The standard InChI is InChI=1S/C21H28N2O3.C2HF3O2/c1-24-19-8-4-6-17(14-19)15-22-10-12-23(13-11-22)16-18-7-5-9-20(25-2)21(18)26-3;3-2(4,5)1(6)7/h4-9,14H,10-13,15-16H2,1-3H3;(H,6,7). The van der Waals surface area contributed by atoms with E-state index in [1.54, 1.807) is 21.3 Å². The number of carbonyl (C=O) groups is 1. The predicted molar refractivity (Wildman–Crippen MR) is 117 cm³/mol. The first-order valence-electron chi connectivity index (χ1n) is 10.3. The fraction of sp³-hybridized carbons (Fsp3) is 0.435. The summed E-state index contributed by atoms with van der Waals surface area (Å²) in [4.78, 5) is 13.9. The van der Waals surface area contributed by atoms with E-state index in [9.17, 15) is 13.2 Å². The molecule has 0 aromatic heterocycles. The van der Waals surface area contributed by atoms with E-state index in [4.69, 9.17) is 24.1 Å². The van der Waals surface area contributed by atoms with Crippen LogP contribution in [-0.2, 0) is 17.9 Å². The zero-order chi connectivity index (χ0) is 24.4. The fourth-order valence-electron chi connectivity index (χ4n) is 3.45. The second-order valence-corrected chi connectivity index (χ2v) is 7.36. The Labute approximate surface area is 191 Å². The molecule has 1 fully saturated rings. The van der Waals surface area contributed by atoms with Gasteiger partial charge in [0.25, 0.3) is 0 Å². The first kappa shape index (κ1) is 26.3. The first-order chi connectivity index (χ1) is 15.7. The highest BCUT2D eigenvalue weighted by Crippen LogP contribution is 2.31. The molecule has 1 heterocycles. The van der Waals surface area contributed by atoms with Crippen molar-refractivity contribution in [1.29, 1.82) is 0 Å². The summed E-state index contributed by atoms with van der Waals surface area (Å²) in [5.41, 5.74) is 2.47. The van der Waals surface area contributed by atoms with Crippen molar-refractivity contribution >= 4 is 5.97 Å². The second kappa shape index (κ2) is 12.3. The van der Waals surface area contributed by atoms with Gasteiger partial charge in [0.05, 0.1) is 21.3 Å². The summed E-state index contributed by atoms with van der Waals surface area (Å²) < 4.78 is 48.0. The van der Waals surface area contributed by atoms with Crippen molar-refractivity contribution in [3.63, 3.8) is 0 Å². The number of halogens is 3. The summed E-state index contributed by atoms with van der Waals surface area (Å²) in [5.74, 6) is -0.200. The predicted octanol–water partition coefficient (Wildman–Crippen LogP) is 3.66. The summed E-state index contributed by atoms with van der Waals surface area (Å²) in [6.07, 6.45) is -5.08. The first-order valence-corrected chi connectivity index (χ1v) is 10.3. The normalized spacial score (nSPS) is 14.7. The molecule has 1 saturated heterocycles. The van der Waals surface area contributed by atoms with Crippen molar-refractivity contribution in [2.45, 2.75) is 19.3 Å².